The summed E-state index contributed by atoms with van der Waals surface area (Å²) < 4.78 is 30.7. The van der Waals surface area contributed by atoms with Crippen molar-refractivity contribution in [1.29, 1.82) is 0 Å². The maximum absolute atomic E-state index is 14.2. The average molecular weight is 500 g/mol. The fraction of sp³-hybridized carbons (Fsp3) is 0.536. The van der Waals surface area contributed by atoms with Crippen LogP contribution in [0.3, 0.4) is 0 Å². The Labute approximate surface area is 215 Å². The lowest BCUT2D eigenvalue weighted by Gasteiger charge is -2.31. The number of fused-ring (bicyclic) bond motifs is 2. The van der Waals surface area contributed by atoms with Crippen LogP contribution in [0, 0.1) is 5.82 Å². The van der Waals surface area contributed by atoms with Crippen molar-refractivity contribution < 1.29 is 33.6 Å². The van der Waals surface area contributed by atoms with Gasteiger partial charge in [0.2, 0.25) is 0 Å². The molecule has 6 nitrogen and oxygen atoms in total. The predicted octanol–water partition coefficient (Wildman–Crippen LogP) is 4.28. The van der Waals surface area contributed by atoms with Crippen LogP contribution in [0.1, 0.15) is 83.1 Å². The van der Waals surface area contributed by atoms with Gasteiger partial charge in [0.15, 0.2) is 0 Å². The Morgan fingerprint density at radius 1 is 1.14 bits per heavy atom. The second kappa shape index (κ2) is 12.1. The zero-order valence-corrected chi connectivity index (χ0v) is 22.4. The summed E-state index contributed by atoms with van der Waals surface area (Å²) in [6, 6.07) is 8.52. The number of hydrogen-bond acceptors (Lipinski definition) is 6. The maximum Gasteiger partial charge on any atom is 0.306 e. The SMILES string of the molecule is CC.CC(C)(O)C(C)(C)O.[B]c1ccc(F)c2c1CC[C@H]2Oc1ccc2c(c1)OC[C@H]2CC(=O)OC. The molecule has 2 radical (unpaired) electrons. The molecule has 0 fully saturated rings. The van der Waals surface area contributed by atoms with E-state index in [0.717, 1.165) is 11.1 Å². The lowest BCUT2D eigenvalue weighted by Crippen LogP contribution is -2.44. The van der Waals surface area contributed by atoms with E-state index in [1.807, 2.05) is 26.0 Å². The van der Waals surface area contributed by atoms with Crippen molar-refractivity contribution in [3.05, 3.63) is 52.8 Å². The second-order valence-electron chi connectivity index (χ2n) is 9.78. The zero-order chi connectivity index (χ0) is 27.3. The van der Waals surface area contributed by atoms with E-state index in [-0.39, 0.29) is 30.2 Å². The molecule has 2 aromatic carbocycles. The van der Waals surface area contributed by atoms with Crippen LogP contribution in [0.4, 0.5) is 4.39 Å². The Balaban J connectivity index is 0.000000392. The quantitative estimate of drug-likeness (QED) is 0.471. The number of hydrogen-bond donors (Lipinski definition) is 2. The van der Waals surface area contributed by atoms with Gasteiger partial charge < -0.3 is 24.4 Å². The van der Waals surface area contributed by atoms with Crippen LogP contribution in [0.5, 0.6) is 11.5 Å². The van der Waals surface area contributed by atoms with Gasteiger partial charge in [-0.25, -0.2) is 4.39 Å². The minimum absolute atomic E-state index is 0.0176. The van der Waals surface area contributed by atoms with E-state index < -0.39 is 11.2 Å². The molecule has 0 amide bonds. The number of benzene rings is 2. The van der Waals surface area contributed by atoms with Crippen LogP contribution in [0.25, 0.3) is 0 Å². The molecule has 196 valence electrons. The summed E-state index contributed by atoms with van der Waals surface area (Å²) in [5.74, 6) is 0.746. The van der Waals surface area contributed by atoms with Gasteiger partial charge in [0, 0.05) is 23.1 Å². The maximum atomic E-state index is 14.2. The first kappa shape index (κ1) is 29.7. The first-order valence-corrected chi connectivity index (χ1v) is 12.3. The molecule has 4 rings (SSSR count). The fourth-order valence-corrected chi connectivity index (χ4v) is 3.77. The highest BCUT2D eigenvalue weighted by Crippen LogP contribution is 2.41. The molecule has 36 heavy (non-hydrogen) atoms. The fourth-order valence-electron chi connectivity index (χ4n) is 3.77. The Kier molecular flexibility index (Phi) is 9.97. The molecule has 0 aromatic heterocycles. The summed E-state index contributed by atoms with van der Waals surface area (Å²) in [4.78, 5) is 11.5. The monoisotopic (exact) mass is 500 g/mol. The number of methoxy groups -OCH3 is 1. The first-order valence-electron chi connectivity index (χ1n) is 12.3. The highest BCUT2D eigenvalue weighted by Gasteiger charge is 2.32. The normalized spacial score (nSPS) is 17.9. The molecular formula is C28H38BFO6. The van der Waals surface area contributed by atoms with Gasteiger partial charge in [-0.2, -0.15) is 0 Å². The van der Waals surface area contributed by atoms with Crippen molar-refractivity contribution >= 4 is 19.3 Å². The number of rotatable bonds is 5. The van der Waals surface area contributed by atoms with Crippen molar-refractivity contribution in [2.45, 2.75) is 84.0 Å². The van der Waals surface area contributed by atoms with Gasteiger partial charge in [0.05, 0.1) is 31.3 Å². The zero-order valence-electron chi connectivity index (χ0n) is 22.4. The summed E-state index contributed by atoms with van der Waals surface area (Å²) in [5, 5.41) is 18.2. The van der Waals surface area contributed by atoms with Crippen LogP contribution in [-0.4, -0.2) is 48.9 Å². The summed E-state index contributed by atoms with van der Waals surface area (Å²) in [6.45, 7) is 10.7. The Bertz CT molecular complexity index is 1030. The molecule has 2 aliphatic rings. The minimum Gasteiger partial charge on any atom is -0.492 e. The van der Waals surface area contributed by atoms with Crippen LogP contribution < -0.4 is 14.9 Å². The third-order valence-electron chi connectivity index (χ3n) is 6.60. The Morgan fingerprint density at radius 2 is 1.78 bits per heavy atom. The van der Waals surface area contributed by atoms with Crippen molar-refractivity contribution in [3.8, 4) is 11.5 Å². The van der Waals surface area contributed by atoms with Gasteiger partial charge in [-0.3, -0.25) is 4.79 Å². The standard InChI is InChI=1S/C20H18BFO4.C6H14O2.C2H6/c1-24-19(23)8-11-10-25-18-9-12(2-3-13(11)18)26-17-7-4-14-15(21)5-6-16(22)20(14)17;1-5(2,7)6(3,4)8;1-2/h2-3,5-6,9,11,17H,4,7-8,10H2,1H3;7-8H,1-4H3;1-2H3/t11-,17-;;/m1../s1. The highest BCUT2D eigenvalue weighted by atomic mass is 19.1. The largest absolute Gasteiger partial charge is 0.492 e. The number of ether oxygens (including phenoxy) is 3. The molecule has 2 N–H and O–H groups in total. The van der Waals surface area contributed by atoms with Crippen LogP contribution in [0.15, 0.2) is 30.3 Å². The lowest BCUT2D eigenvalue weighted by molar-refractivity contribution is -0.141. The van der Waals surface area contributed by atoms with Gasteiger partial charge in [-0.05, 0) is 58.2 Å². The topological polar surface area (TPSA) is 85.2 Å². The number of aliphatic hydroxyl groups is 2. The molecule has 1 aliphatic carbocycles. The van der Waals surface area contributed by atoms with Crippen LogP contribution >= 0.6 is 0 Å². The average Bonchev–Trinajstić information content (AvgIpc) is 3.42. The van der Waals surface area contributed by atoms with Gasteiger partial charge >= 0.3 is 5.97 Å². The predicted molar refractivity (Wildman–Crippen MR) is 139 cm³/mol. The van der Waals surface area contributed by atoms with Gasteiger partial charge in [-0.15, -0.1) is 0 Å². The van der Waals surface area contributed by atoms with E-state index >= 15 is 0 Å². The van der Waals surface area contributed by atoms with Gasteiger partial charge in [0.1, 0.15) is 31.3 Å². The van der Waals surface area contributed by atoms with E-state index in [1.54, 1.807) is 39.8 Å². The molecule has 0 spiro atoms. The van der Waals surface area contributed by atoms with Crippen molar-refractivity contribution in [2.24, 2.45) is 0 Å². The Morgan fingerprint density at radius 3 is 2.36 bits per heavy atom. The van der Waals surface area contributed by atoms with Crippen LogP contribution in [-0.2, 0) is 16.0 Å². The summed E-state index contributed by atoms with van der Waals surface area (Å²) in [7, 11) is 7.33. The highest BCUT2D eigenvalue weighted by molar-refractivity contribution is 6.33. The molecule has 1 heterocycles. The molecule has 0 bridgehead atoms. The lowest BCUT2D eigenvalue weighted by atomic mass is 9.88. The number of carbonyl (C=O) groups is 1. The molecule has 0 saturated heterocycles. The molecule has 0 saturated carbocycles. The van der Waals surface area contributed by atoms with Gasteiger partial charge in [-0.1, -0.05) is 31.4 Å². The second-order valence-corrected chi connectivity index (χ2v) is 9.78. The van der Waals surface area contributed by atoms with E-state index in [2.05, 4.69) is 0 Å². The molecule has 0 unspecified atom stereocenters. The van der Waals surface area contributed by atoms with Crippen molar-refractivity contribution in [3.63, 3.8) is 0 Å². The van der Waals surface area contributed by atoms with Crippen LogP contribution in [0.2, 0.25) is 0 Å². The van der Waals surface area contributed by atoms with E-state index in [1.165, 1.54) is 13.2 Å². The van der Waals surface area contributed by atoms with E-state index in [0.29, 0.717) is 42.0 Å². The minimum atomic E-state index is -1.01. The summed E-state index contributed by atoms with van der Waals surface area (Å²) >= 11 is 0. The molecule has 8 heteroatoms. The number of carbonyl (C=O) groups excluding carboxylic acids is 1. The first-order chi connectivity index (χ1) is 16.8. The van der Waals surface area contributed by atoms with Gasteiger partial charge in [0.25, 0.3) is 0 Å². The van der Waals surface area contributed by atoms with Crippen molar-refractivity contribution in [2.75, 3.05) is 13.7 Å². The summed E-state index contributed by atoms with van der Waals surface area (Å²) in [5.41, 5.74) is 0.945. The molecule has 1 aliphatic heterocycles. The number of esters is 1. The molecular weight excluding hydrogens is 462 g/mol. The summed E-state index contributed by atoms with van der Waals surface area (Å²) in [6.07, 6.45) is 1.30. The van der Waals surface area contributed by atoms with E-state index in [4.69, 9.17) is 32.3 Å². The third kappa shape index (κ3) is 7.01. The van der Waals surface area contributed by atoms with E-state index in [9.17, 15) is 9.18 Å². The molecule has 2 atom stereocenters. The number of halogens is 1. The van der Waals surface area contributed by atoms with Crippen molar-refractivity contribution in [1.82, 2.24) is 0 Å². The Hall–Kier alpha value is -2.58. The third-order valence-corrected chi connectivity index (χ3v) is 6.60. The molecule has 2 aromatic rings. The smallest absolute Gasteiger partial charge is 0.306 e.